The number of hydrazone groups is 1. The number of aryl methyl sites for hydroxylation is 3. The highest BCUT2D eigenvalue weighted by atomic mass is 32.1. The van der Waals surface area contributed by atoms with Crippen molar-refractivity contribution in [3.8, 4) is 5.75 Å². The second kappa shape index (κ2) is 8.44. The quantitative estimate of drug-likeness (QED) is 0.465. The molecule has 0 aliphatic heterocycles. The second-order valence-electron chi connectivity index (χ2n) is 6.70. The highest BCUT2D eigenvalue weighted by Gasteiger charge is 2.13. The van der Waals surface area contributed by atoms with Crippen molar-refractivity contribution in [3.05, 3.63) is 74.9 Å². The third kappa shape index (κ3) is 4.34. The lowest BCUT2D eigenvalue weighted by atomic mass is 10.1. The van der Waals surface area contributed by atoms with Crippen molar-refractivity contribution >= 4 is 23.5 Å². The molecule has 1 aliphatic carbocycles. The van der Waals surface area contributed by atoms with Gasteiger partial charge in [-0.15, -0.1) is 11.3 Å². The molecule has 5 nitrogen and oxygen atoms in total. The number of nitrogens with zero attached hydrogens (tertiary/aromatic N) is 1. The molecule has 1 N–H and O–H groups in total. The van der Waals surface area contributed by atoms with Crippen LogP contribution in [0.5, 0.6) is 5.75 Å². The number of hydrogen-bond acceptors (Lipinski definition) is 5. The molecule has 2 heterocycles. The Morgan fingerprint density at radius 1 is 1.21 bits per heavy atom. The van der Waals surface area contributed by atoms with E-state index in [1.165, 1.54) is 22.4 Å². The van der Waals surface area contributed by atoms with Gasteiger partial charge < -0.3 is 9.15 Å². The number of nitrogens with one attached hydrogen (secondary N) is 1. The SMILES string of the molecule is CCc1ccc(C=NNC(=O)c2ccc(COc3ccc4c(c3)CCC4)o2)s1. The van der Waals surface area contributed by atoms with E-state index < -0.39 is 0 Å². The lowest BCUT2D eigenvalue weighted by Gasteiger charge is -2.06. The topological polar surface area (TPSA) is 63.8 Å². The van der Waals surface area contributed by atoms with E-state index in [9.17, 15) is 4.79 Å². The number of carbonyl (C=O) groups is 1. The van der Waals surface area contributed by atoms with Crippen LogP contribution in [0.3, 0.4) is 0 Å². The number of benzene rings is 1. The van der Waals surface area contributed by atoms with Gasteiger partial charge in [0.25, 0.3) is 0 Å². The highest BCUT2D eigenvalue weighted by Crippen LogP contribution is 2.26. The fourth-order valence-electron chi connectivity index (χ4n) is 3.23. The summed E-state index contributed by atoms with van der Waals surface area (Å²) in [5.74, 6) is 1.26. The summed E-state index contributed by atoms with van der Waals surface area (Å²) in [5, 5.41) is 4.00. The zero-order valence-corrected chi connectivity index (χ0v) is 16.6. The largest absolute Gasteiger partial charge is 0.486 e. The Morgan fingerprint density at radius 2 is 2.11 bits per heavy atom. The molecule has 3 aromatic rings. The molecule has 0 saturated heterocycles. The summed E-state index contributed by atoms with van der Waals surface area (Å²) in [6, 6.07) is 13.7. The molecule has 2 aromatic heterocycles. The molecule has 1 aliphatic rings. The van der Waals surface area contributed by atoms with Crippen LogP contribution in [0.15, 0.2) is 52.0 Å². The smallest absolute Gasteiger partial charge is 0.307 e. The van der Waals surface area contributed by atoms with Crippen molar-refractivity contribution < 1.29 is 13.9 Å². The number of furan rings is 1. The lowest BCUT2D eigenvalue weighted by Crippen LogP contribution is -2.16. The third-order valence-corrected chi connectivity index (χ3v) is 5.89. The summed E-state index contributed by atoms with van der Waals surface area (Å²) in [7, 11) is 0. The van der Waals surface area contributed by atoms with Gasteiger partial charge in [-0.1, -0.05) is 13.0 Å². The van der Waals surface area contributed by atoms with Crippen LogP contribution in [0.1, 0.15) is 50.5 Å². The Morgan fingerprint density at radius 3 is 2.96 bits per heavy atom. The molecule has 0 fully saturated rings. The minimum absolute atomic E-state index is 0.213. The fourth-order valence-corrected chi connectivity index (χ4v) is 4.06. The first kappa shape index (κ1) is 18.5. The molecule has 0 bridgehead atoms. The van der Waals surface area contributed by atoms with Crippen molar-refractivity contribution in [1.29, 1.82) is 0 Å². The zero-order valence-electron chi connectivity index (χ0n) is 15.7. The van der Waals surface area contributed by atoms with Crippen LogP contribution in [-0.2, 0) is 25.9 Å². The van der Waals surface area contributed by atoms with Gasteiger partial charge in [-0.05, 0) is 73.2 Å². The van der Waals surface area contributed by atoms with E-state index in [4.69, 9.17) is 9.15 Å². The van der Waals surface area contributed by atoms with Gasteiger partial charge in [0.15, 0.2) is 5.76 Å². The van der Waals surface area contributed by atoms with Crippen LogP contribution < -0.4 is 10.2 Å². The molecule has 144 valence electrons. The van der Waals surface area contributed by atoms with Crippen LogP contribution >= 0.6 is 11.3 Å². The number of fused-ring (bicyclic) bond motifs is 1. The van der Waals surface area contributed by atoms with Crippen LogP contribution in [0.4, 0.5) is 0 Å². The summed E-state index contributed by atoms with van der Waals surface area (Å²) in [5.41, 5.74) is 5.28. The van der Waals surface area contributed by atoms with E-state index in [2.05, 4.69) is 35.7 Å². The molecule has 0 unspecified atom stereocenters. The van der Waals surface area contributed by atoms with Crippen LogP contribution in [-0.4, -0.2) is 12.1 Å². The molecule has 6 heteroatoms. The standard InChI is InChI=1S/C22H22N2O3S/c1-2-19-9-10-20(28-19)13-23-24-22(25)21-11-8-18(27-21)14-26-17-7-6-15-4-3-5-16(15)12-17/h6-13H,2-5,14H2,1H3,(H,24,25). The Balaban J connectivity index is 1.30. The minimum Gasteiger partial charge on any atom is -0.486 e. The van der Waals surface area contributed by atoms with Crippen molar-refractivity contribution in [2.24, 2.45) is 5.10 Å². The van der Waals surface area contributed by atoms with E-state index in [0.717, 1.165) is 29.9 Å². The van der Waals surface area contributed by atoms with Crippen molar-refractivity contribution in [2.45, 2.75) is 39.2 Å². The summed E-state index contributed by atoms with van der Waals surface area (Å²) >= 11 is 1.66. The summed E-state index contributed by atoms with van der Waals surface area (Å²) < 4.78 is 11.4. The Bertz CT molecular complexity index is 1000. The van der Waals surface area contributed by atoms with Crippen molar-refractivity contribution in [1.82, 2.24) is 5.43 Å². The molecule has 0 radical (unpaired) electrons. The van der Waals surface area contributed by atoms with Gasteiger partial charge in [0.2, 0.25) is 0 Å². The zero-order chi connectivity index (χ0) is 19.3. The Labute approximate surface area is 168 Å². The Kier molecular flexibility index (Phi) is 5.58. The van der Waals surface area contributed by atoms with Gasteiger partial charge in [-0.2, -0.15) is 5.10 Å². The van der Waals surface area contributed by atoms with E-state index >= 15 is 0 Å². The summed E-state index contributed by atoms with van der Waals surface area (Å²) in [6.45, 7) is 2.39. The second-order valence-corrected chi connectivity index (χ2v) is 7.90. The van der Waals surface area contributed by atoms with Gasteiger partial charge >= 0.3 is 5.91 Å². The maximum absolute atomic E-state index is 12.2. The summed E-state index contributed by atoms with van der Waals surface area (Å²) in [4.78, 5) is 14.4. The number of ether oxygens (including phenoxy) is 1. The molecule has 0 atom stereocenters. The molecule has 1 aromatic carbocycles. The molecule has 0 spiro atoms. The van der Waals surface area contributed by atoms with Crippen molar-refractivity contribution in [2.75, 3.05) is 0 Å². The van der Waals surface area contributed by atoms with Crippen LogP contribution in [0.2, 0.25) is 0 Å². The minimum atomic E-state index is -0.382. The normalized spacial score (nSPS) is 13.0. The van der Waals surface area contributed by atoms with Crippen LogP contribution in [0, 0.1) is 0 Å². The van der Waals surface area contributed by atoms with Gasteiger partial charge in [0.05, 0.1) is 6.21 Å². The first-order chi connectivity index (χ1) is 13.7. The predicted molar refractivity (Wildman–Crippen MR) is 110 cm³/mol. The van der Waals surface area contributed by atoms with Gasteiger partial charge in [-0.3, -0.25) is 4.79 Å². The van der Waals surface area contributed by atoms with E-state index in [0.29, 0.717) is 5.76 Å². The molecular formula is C22H22N2O3S. The van der Waals surface area contributed by atoms with Crippen molar-refractivity contribution in [3.63, 3.8) is 0 Å². The van der Waals surface area contributed by atoms with Crippen LogP contribution in [0.25, 0.3) is 0 Å². The molecule has 4 rings (SSSR count). The first-order valence-electron chi connectivity index (χ1n) is 9.46. The van der Waals surface area contributed by atoms with E-state index in [1.807, 2.05) is 12.1 Å². The third-order valence-electron chi connectivity index (χ3n) is 4.73. The van der Waals surface area contributed by atoms with Gasteiger partial charge in [0.1, 0.15) is 18.1 Å². The van der Waals surface area contributed by atoms with Gasteiger partial charge in [-0.25, -0.2) is 5.43 Å². The number of rotatable bonds is 7. The maximum Gasteiger partial charge on any atom is 0.307 e. The van der Waals surface area contributed by atoms with E-state index in [-0.39, 0.29) is 18.3 Å². The number of hydrogen-bond donors (Lipinski definition) is 1. The predicted octanol–water partition coefficient (Wildman–Crippen LogP) is 4.74. The van der Waals surface area contributed by atoms with E-state index in [1.54, 1.807) is 29.7 Å². The maximum atomic E-state index is 12.2. The molecule has 1 amide bonds. The number of carbonyl (C=O) groups excluding carboxylic acids is 1. The Hall–Kier alpha value is -2.86. The summed E-state index contributed by atoms with van der Waals surface area (Å²) in [6.07, 6.45) is 6.12. The molecule has 28 heavy (non-hydrogen) atoms. The molecule has 0 saturated carbocycles. The average Bonchev–Trinajstić information content (AvgIpc) is 3.45. The first-order valence-corrected chi connectivity index (χ1v) is 10.3. The number of amides is 1. The van der Waals surface area contributed by atoms with Gasteiger partial charge in [0, 0.05) is 9.75 Å². The highest BCUT2D eigenvalue weighted by molar-refractivity contribution is 7.13. The molecular weight excluding hydrogens is 372 g/mol. The number of thiophene rings is 1. The average molecular weight is 394 g/mol. The monoisotopic (exact) mass is 394 g/mol. The lowest BCUT2D eigenvalue weighted by molar-refractivity contribution is 0.0923. The fraction of sp³-hybridized carbons (Fsp3) is 0.273.